The summed E-state index contributed by atoms with van der Waals surface area (Å²) in [5.74, 6) is -2.96. The SMILES string of the molecule is O=C(O)CCC(/C=N/c1ccc(C(=O)O)cc1)=C\C=C\Nc1ccc(C(=O)O)cc1. The van der Waals surface area contributed by atoms with Crippen molar-refractivity contribution >= 4 is 35.5 Å². The number of carboxylic acids is 3. The molecule has 0 spiro atoms. The molecular formula is C22H20N2O6. The van der Waals surface area contributed by atoms with Crippen LogP contribution in [0.15, 0.2) is 77.4 Å². The van der Waals surface area contributed by atoms with E-state index in [1.54, 1.807) is 42.6 Å². The van der Waals surface area contributed by atoms with Crippen molar-refractivity contribution in [3.8, 4) is 0 Å². The Morgan fingerprint density at radius 2 is 1.40 bits per heavy atom. The van der Waals surface area contributed by atoms with E-state index in [-0.39, 0.29) is 24.0 Å². The Morgan fingerprint density at radius 1 is 0.833 bits per heavy atom. The number of aromatic carboxylic acids is 2. The summed E-state index contributed by atoms with van der Waals surface area (Å²) in [5, 5.41) is 29.7. The summed E-state index contributed by atoms with van der Waals surface area (Å²) in [6, 6.07) is 12.2. The molecule has 0 bridgehead atoms. The van der Waals surface area contributed by atoms with Gasteiger partial charge in [-0.15, -0.1) is 0 Å². The summed E-state index contributed by atoms with van der Waals surface area (Å²) in [4.78, 5) is 36.9. The Bertz CT molecular complexity index is 989. The molecule has 8 nitrogen and oxygen atoms in total. The zero-order valence-corrected chi connectivity index (χ0v) is 15.9. The van der Waals surface area contributed by atoms with Crippen LogP contribution in [-0.2, 0) is 4.79 Å². The number of carboxylic acid groups (broad SMARTS) is 3. The standard InChI is InChI=1S/C22H20N2O6/c25-20(26)12-3-15(14-24-19-10-6-17(7-11-19)22(29)30)2-1-13-23-18-8-4-16(5-9-18)21(27)28/h1-2,4-11,13-14,23H,3,12H2,(H,25,26)(H,27,28)(H,29,30)/b13-1+,15-2+,24-14+. The maximum Gasteiger partial charge on any atom is 0.335 e. The van der Waals surface area contributed by atoms with Crippen LogP contribution in [-0.4, -0.2) is 39.4 Å². The molecule has 2 rings (SSSR count). The van der Waals surface area contributed by atoms with Gasteiger partial charge in [0.15, 0.2) is 0 Å². The van der Waals surface area contributed by atoms with Crippen LogP contribution in [0.5, 0.6) is 0 Å². The highest BCUT2D eigenvalue weighted by Crippen LogP contribution is 2.14. The highest BCUT2D eigenvalue weighted by Gasteiger charge is 2.03. The van der Waals surface area contributed by atoms with Crippen LogP contribution in [0, 0.1) is 0 Å². The minimum Gasteiger partial charge on any atom is -0.481 e. The highest BCUT2D eigenvalue weighted by molar-refractivity contribution is 5.89. The van der Waals surface area contributed by atoms with Crippen molar-refractivity contribution in [1.82, 2.24) is 0 Å². The molecule has 2 aromatic rings. The number of nitrogens with one attached hydrogen (secondary N) is 1. The number of benzene rings is 2. The number of anilines is 1. The summed E-state index contributed by atoms with van der Waals surface area (Å²) in [6.07, 6.45) is 6.76. The molecule has 0 saturated carbocycles. The zero-order valence-electron chi connectivity index (χ0n) is 15.9. The Kier molecular flexibility index (Phi) is 8.07. The molecule has 0 aliphatic heterocycles. The van der Waals surface area contributed by atoms with E-state index in [2.05, 4.69) is 10.3 Å². The largest absolute Gasteiger partial charge is 0.481 e. The van der Waals surface area contributed by atoms with Gasteiger partial charge in [0.2, 0.25) is 0 Å². The van der Waals surface area contributed by atoms with Crippen molar-refractivity contribution in [2.24, 2.45) is 4.99 Å². The second-order valence-electron chi connectivity index (χ2n) is 6.13. The van der Waals surface area contributed by atoms with E-state index in [4.69, 9.17) is 15.3 Å². The van der Waals surface area contributed by atoms with Gasteiger partial charge in [-0.3, -0.25) is 9.79 Å². The van der Waals surface area contributed by atoms with Crippen molar-refractivity contribution in [2.45, 2.75) is 12.8 Å². The minimum atomic E-state index is -1.03. The molecule has 0 radical (unpaired) electrons. The maximum atomic E-state index is 10.9. The molecule has 0 heterocycles. The molecule has 0 aliphatic rings. The number of hydrogen-bond donors (Lipinski definition) is 4. The number of aliphatic carboxylic acids is 1. The van der Waals surface area contributed by atoms with Gasteiger partial charge in [0.1, 0.15) is 0 Å². The summed E-state index contributed by atoms with van der Waals surface area (Å²) in [7, 11) is 0. The molecule has 0 aliphatic carbocycles. The number of aliphatic imine (C=N–C) groups is 1. The fourth-order valence-electron chi connectivity index (χ4n) is 2.31. The van der Waals surface area contributed by atoms with E-state index in [9.17, 15) is 14.4 Å². The first-order chi connectivity index (χ1) is 14.3. The normalized spacial score (nSPS) is 11.7. The third-order valence-electron chi connectivity index (χ3n) is 3.91. The lowest BCUT2D eigenvalue weighted by molar-refractivity contribution is -0.136. The van der Waals surface area contributed by atoms with E-state index in [0.717, 1.165) is 0 Å². The van der Waals surface area contributed by atoms with Gasteiger partial charge in [0.05, 0.1) is 16.8 Å². The van der Waals surface area contributed by atoms with Gasteiger partial charge in [0.25, 0.3) is 0 Å². The summed E-state index contributed by atoms with van der Waals surface area (Å²) >= 11 is 0. The minimum absolute atomic E-state index is 0.0618. The topological polar surface area (TPSA) is 136 Å². The van der Waals surface area contributed by atoms with Gasteiger partial charge in [-0.25, -0.2) is 9.59 Å². The van der Waals surface area contributed by atoms with Crippen LogP contribution < -0.4 is 5.32 Å². The van der Waals surface area contributed by atoms with E-state index < -0.39 is 17.9 Å². The molecule has 4 N–H and O–H groups in total. The molecule has 0 fully saturated rings. The third-order valence-corrected chi connectivity index (χ3v) is 3.91. The summed E-state index contributed by atoms with van der Waals surface area (Å²) in [5.41, 5.74) is 2.25. The van der Waals surface area contributed by atoms with Crippen LogP contribution in [0.1, 0.15) is 33.6 Å². The lowest BCUT2D eigenvalue weighted by Crippen LogP contribution is -1.97. The van der Waals surface area contributed by atoms with Crippen LogP contribution in [0.3, 0.4) is 0 Å². The second kappa shape index (κ2) is 11.0. The first-order valence-electron chi connectivity index (χ1n) is 8.90. The van der Waals surface area contributed by atoms with Crippen molar-refractivity contribution in [3.05, 3.63) is 83.6 Å². The Balaban J connectivity index is 2.05. The summed E-state index contributed by atoms with van der Waals surface area (Å²) in [6.45, 7) is 0. The molecule has 0 saturated heterocycles. The first kappa shape index (κ1) is 22.1. The fraction of sp³-hybridized carbons (Fsp3) is 0.0909. The fourth-order valence-corrected chi connectivity index (χ4v) is 2.31. The number of carbonyl (C=O) groups is 3. The lowest BCUT2D eigenvalue weighted by atomic mass is 10.1. The number of nitrogens with zero attached hydrogens (tertiary/aromatic N) is 1. The van der Waals surface area contributed by atoms with E-state index in [1.807, 2.05) is 0 Å². The molecule has 0 amide bonds. The highest BCUT2D eigenvalue weighted by atomic mass is 16.4. The van der Waals surface area contributed by atoms with Crippen molar-refractivity contribution in [2.75, 3.05) is 5.32 Å². The van der Waals surface area contributed by atoms with E-state index in [0.29, 0.717) is 16.9 Å². The predicted octanol–water partition coefficient (Wildman–Crippen LogP) is 4.20. The average Bonchev–Trinajstić information content (AvgIpc) is 2.73. The molecular weight excluding hydrogens is 388 g/mol. The lowest BCUT2D eigenvalue weighted by Gasteiger charge is -2.01. The molecule has 2 aromatic carbocycles. The van der Waals surface area contributed by atoms with Gasteiger partial charge in [-0.1, -0.05) is 6.08 Å². The molecule has 8 heteroatoms. The van der Waals surface area contributed by atoms with Gasteiger partial charge < -0.3 is 20.6 Å². The van der Waals surface area contributed by atoms with Crippen LogP contribution in [0.25, 0.3) is 0 Å². The Morgan fingerprint density at radius 3 is 1.93 bits per heavy atom. The van der Waals surface area contributed by atoms with Gasteiger partial charge in [0, 0.05) is 24.5 Å². The smallest absolute Gasteiger partial charge is 0.335 e. The van der Waals surface area contributed by atoms with Crippen LogP contribution >= 0.6 is 0 Å². The van der Waals surface area contributed by atoms with Gasteiger partial charge in [-0.2, -0.15) is 0 Å². The molecule has 154 valence electrons. The monoisotopic (exact) mass is 408 g/mol. The molecule has 0 atom stereocenters. The van der Waals surface area contributed by atoms with Crippen molar-refractivity contribution < 1.29 is 29.7 Å². The molecule has 30 heavy (non-hydrogen) atoms. The van der Waals surface area contributed by atoms with Crippen LogP contribution in [0.2, 0.25) is 0 Å². The molecule has 0 unspecified atom stereocenters. The van der Waals surface area contributed by atoms with Crippen molar-refractivity contribution in [3.63, 3.8) is 0 Å². The maximum absolute atomic E-state index is 10.9. The number of allylic oxidation sites excluding steroid dienone is 3. The van der Waals surface area contributed by atoms with Crippen molar-refractivity contribution in [1.29, 1.82) is 0 Å². The molecule has 0 aromatic heterocycles. The van der Waals surface area contributed by atoms with Gasteiger partial charge >= 0.3 is 17.9 Å². The van der Waals surface area contributed by atoms with E-state index >= 15 is 0 Å². The zero-order chi connectivity index (χ0) is 21.9. The Hall–Kier alpha value is -4.20. The Labute approximate surface area is 172 Å². The third kappa shape index (κ3) is 7.43. The average molecular weight is 408 g/mol. The second-order valence-corrected chi connectivity index (χ2v) is 6.13. The first-order valence-corrected chi connectivity index (χ1v) is 8.90. The number of hydrogen-bond acceptors (Lipinski definition) is 5. The quantitative estimate of drug-likeness (QED) is 0.341. The van der Waals surface area contributed by atoms with E-state index in [1.165, 1.54) is 30.5 Å². The predicted molar refractivity (Wildman–Crippen MR) is 113 cm³/mol. The summed E-state index contributed by atoms with van der Waals surface area (Å²) < 4.78 is 0. The van der Waals surface area contributed by atoms with Gasteiger partial charge in [-0.05, 0) is 66.6 Å². The van der Waals surface area contributed by atoms with Crippen LogP contribution in [0.4, 0.5) is 11.4 Å². The number of rotatable bonds is 10.